The van der Waals surface area contributed by atoms with Gasteiger partial charge >= 0.3 is 0 Å². The van der Waals surface area contributed by atoms with E-state index in [0.29, 0.717) is 12.1 Å². The first-order valence-corrected chi connectivity index (χ1v) is 7.87. The second kappa shape index (κ2) is 7.78. The molecular formula is C17H29N3O. The molecule has 118 valence electrons. The molecule has 1 saturated heterocycles. The SMILES string of the molecule is COCCNCc1ccc(N2CC(C)N(C)C(C)C2)cc1. The molecule has 2 unspecified atom stereocenters. The molecule has 4 nitrogen and oxygen atoms in total. The van der Waals surface area contributed by atoms with Crippen molar-refractivity contribution in [2.75, 3.05) is 45.3 Å². The van der Waals surface area contributed by atoms with Crippen molar-refractivity contribution in [2.45, 2.75) is 32.5 Å². The maximum atomic E-state index is 5.03. The Balaban J connectivity index is 1.90. The van der Waals surface area contributed by atoms with Crippen LogP contribution in [0.25, 0.3) is 0 Å². The van der Waals surface area contributed by atoms with Crippen LogP contribution in [-0.2, 0) is 11.3 Å². The van der Waals surface area contributed by atoms with Crippen molar-refractivity contribution in [1.29, 1.82) is 0 Å². The topological polar surface area (TPSA) is 27.7 Å². The third kappa shape index (κ3) is 4.43. The van der Waals surface area contributed by atoms with Crippen molar-refractivity contribution in [3.05, 3.63) is 29.8 Å². The number of nitrogens with zero attached hydrogens (tertiary/aromatic N) is 2. The fourth-order valence-electron chi connectivity index (χ4n) is 2.85. The summed E-state index contributed by atoms with van der Waals surface area (Å²) in [5.74, 6) is 0. The van der Waals surface area contributed by atoms with Crippen LogP contribution in [0.5, 0.6) is 0 Å². The van der Waals surface area contributed by atoms with E-state index in [1.807, 2.05) is 0 Å². The molecule has 0 aliphatic carbocycles. The van der Waals surface area contributed by atoms with E-state index in [1.165, 1.54) is 11.3 Å². The van der Waals surface area contributed by atoms with Crippen LogP contribution in [-0.4, -0.2) is 57.4 Å². The zero-order valence-corrected chi connectivity index (χ0v) is 13.8. The standard InChI is InChI=1S/C17H29N3O/c1-14-12-20(13-15(2)19(14)3)17-7-5-16(6-8-17)11-18-9-10-21-4/h5-8,14-15,18H,9-13H2,1-4H3. The van der Waals surface area contributed by atoms with Gasteiger partial charge in [-0.15, -0.1) is 0 Å². The number of hydrogen-bond acceptors (Lipinski definition) is 4. The molecule has 21 heavy (non-hydrogen) atoms. The van der Waals surface area contributed by atoms with E-state index in [1.54, 1.807) is 7.11 Å². The Labute approximate surface area is 129 Å². The average Bonchev–Trinajstić information content (AvgIpc) is 2.49. The van der Waals surface area contributed by atoms with Crippen LogP contribution in [0.4, 0.5) is 5.69 Å². The summed E-state index contributed by atoms with van der Waals surface area (Å²) in [5, 5.41) is 3.38. The van der Waals surface area contributed by atoms with Crippen LogP contribution in [0.15, 0.2) is 24.3 Å². The highest BCUT2D eigenvalue weighted by molar-refractivity contribution is 5.48. The summed E-state index contributed by atoms with van der Waals surface area (Å²) in [5.41, 5.74) is 2.66. The van der Waals surface area contributed by atoms with Crippen LogP contribution >= 0.6 is 0 Å². The molecule has 0 bridgehead atoms. The molecule has 2 rings (SSSR count). The molecule has 0 saturated carbocycles. The van der Waals surface area contributed by atoms with E-state index in [0.717, 1.165) is 32.8 Å². The Morgan fingerprint density at radius 1 is 1.14 bits per heavy atom. The van der Waals surface area contributed by atoms with Crippen LogP contribution < -0.4 is 10.2 Å². The minimum atomic E-state index is 0.601. The summed E-state index contributed by atoms with van der Waals surface area (Å²) in [6, 6.07) is 10.1. The molecule has 1 heterocycles. The number of benzene rings is 1. The Morgan fingerprint density at radius 2 is 1.76 bits per heavy atom. The Kier molecular flexibility index (Phi) is 6.03. The largest absolute Gasteiger partial charge is 0.383 e. The highest BCUT2D eigenvalue weighted by Gasteiger charge is 2.26. The van der Waals surface area contributed by atoms with Crippen molar-refractivity contribution in [1.82, 2.24) is 10.2 Å². The molecule has 0 radical (unpaired) electrons. The Bertz CT molecular complexity index is 409. The summed E-state index contributed by atoms with van der Waals surface area (Å²) in [6.07, 6.45) is 0. The van der Waals surface area contributed by atoms with Crippen LogP contribution in [0.2, 0.25) is 0 Å². The number of likely N-dealkylation sites (N-methyl/N-ethyl adjacent to an activating group) is 1. The molecule has 1 aromatic rings. The lowest BCUT2D eigenvalue weighted by molar-refractivity contribution is 0.170. The molecule has 1 N–H and O–H groups in total. The lowest BCUT2D eigenvalue weighted by Crippen LogP contribution is -2.55. The van der Waals surface area contributed by atoms with Gasteiger partial charge in [0.2, 0.25) is 0 Å². The van der Waals surface area contributed by atoms with Crippen molar-refractivity contribution in [2.24, 2.45) is 0 Å². The minimum absolute atomic E-state index is 0.601. The second-order valence-corrected chi connectivity index (χ2v) is 6.10. The van der Waals surface area contributed by atoms with E-state index in [2.05, 4.69) is 60.3 Å². The normalized spacial score (nSPS) is 23.5. The first-order chi connectivity index (χ1) is 10.1. The molecule has 0 amide bonds. The maximum absolute atomic E-state index is 5.03. The van der Waals surface area contributed by atoms with E-state index in [9.17, 15) is 0 Å². The van der Waals surface area contributed by atoms with Crippen molar-refractivity contribution >= 4 is 5.69 Å². The molecule has 2 atom stereocenters. The van der Waals surface area contributed by atoms with Crippen LogP contribution in [0.1, 0.15) is 19.4 Å². The van der Waals surface area contributed by atoms with Crippen molar-refractivity contribution in [3.8, 4) is 0 Å². The molecule has 4 heteroatoms. The van der Waals surface area contributed by atoms with E-state index in [4.69, 9.17) is 4.74 Å². The first-order valence-electron chi connectivity index (χ1n) is 7.87. The van der Waals surface area contributed by atoms with Gasteiger partial charge in [0.25, 0.3) is 0 Å². The lowest BCUT2D eigenvalue weighted by Gasteiger charge is -2.43. The quantitative estimate of drug-likeness (QED) is 0.811. The van der Waals surface area contributed by atoms with Crippen molar-refractivity contribution < 1.29 is 4.74 Å². The predicted octanol–water partition coefficient (Wildman–Crippen LogP) is 1.95. The average molecular weight is 291 g/mol. The molecule has 1 aliphatic heterocycles. The highest BCUT2D eigenvalue weighted by Crippen LogP contribution is 2.21. The fraction of sp³-hybridized carbons (Fsp3) is 0.647. The third-order valence-corrected chi connectivity index (χ3v) is 4.47. The molecule has 1 aliphatic rings. The molecule has 1 fully saturated rings. The van der Waals surface area contributed by atoms with Gasteiger partial charge in [-0.2, -0.15) is 0 Å². The number of anilines is 1. The Morgan fingerprint density at radius 3 is 2.33 bits per heavy atom. The number of hydrogen-bond donors (Lipinski definition) is 1. The van der Waals surface area contributed by atoms with Gasteiger partial charge in [0, 0.05) is 51.1 Å². The summed E-state index contributed by atoms with van der Waals surface area (Å²) in [7, 11) is 3.95. The highest BCUT2D eigenvalue weighted by atomic mass is 16.5. The predicted molar refractivity (Wildman–Crippen MR) is 88.9 cm³/mol. The fourth-order valence-corrected chi connectivity index (χ4v) is 2.85. The zero-order valence-electron chi connectivity index (χ0n) is 13.8. The zero-order chi connectivity index (χ0) is 15.2. The monoisotopic (exact) mass is 291 g/mol. The van der Waals surface area contributed by atoms with E-state index in [-0.39, 0.29) is 0 Å². The minimum Gasteiger partial charge on any atom is -0.383 e. The van der Waals surface area contributed by atoms with Gasteiger partial charge in [0.1, 0.15) is 0 Å². The van der Waals surface area contributed by atoms with Crippen LogP contribution in [0.3, 0.4) is 0 Å². The second-order valence-electron chi connectivity index (χ2n) is 6.10. The van der Waals surface area contributed by atoms with Gasteiger partial charge in [-0.05, 0) is 38.6 Å². The number of ether oxygens (including phenoxy) is 1. The molecule has 1 aromatic carbocycles. The van der Waals surface area contributed by atoms with Gasteiger partial charge in [-0.25, -0.2) is 0 Å². The lowest BCUT2D eigenvalue weighted by atomic mass is 10.1. The molecule has 0 aromatic heterocycles. The number of nitrogens with one attached hydrogen (secondary N) is 1. The first kappa shape index (κ1) is 16.3. The summed E-state index contributed by atoms with van der Waals surface area (Å²) in [6.45, 7) is 9.37. The van der Waals surface area contributed by atoms with E-state index >= 15 is 0 Å². The van der Waals surface area contributed by atoms with Gasteiger partial charge in [0.15, 0.2) is 0 Å². The number of methoxy groups -OCH3 is 1. The Hall–Kier alpha value is -1.10. The number of piperazine rings is 1. The number of rotatable bonds is 6. The summed E-state index contributed by atoms with van der Waals surface area (Å²) < 4.78 is 5.03. The van der Waals surface area contributed by atoms with Gasteiger partial charge in [-0.1, -0.05) is 12.1 Å². The van der Waals surface area contributed by atoms with Gasteiger partial charge in [0.05, 0.1) is 6.61 Å². The van der Waals surface area contributed by atoms with Gasteiger partial charge < -0.3 is 15.0 Å². The summed E-state index contributed by atoms with van der Waals surface area (Å²) in [4.78, 5) is 4.96. The van der Waals surface area contributed by atoms with E-state index < -0.39 is 0 Å². The van der Waals surface area contributed by atoms with Gasteiger partial charge in [-0.3, -0.25) is 4.90 Å². The third-order valence-electron chi connectivity index (χ3n) is 4.47. The van der Waals surface area contributed by atoms with Crippen LogP contribution in [0, 0.1) is 0 Å². The summed E-state index contributed by atoms with van der Waals surface area (Å²) >= 11 is 0. The maximum Gasteiger partial charge on any atom is 0.0587 e. The van der Waals surface area contributed by atoms with Crippen molar-refractivity contribution in [3.63, 3.8) is 0 Å². The smallest absolute Gasteiger partial charge is 0.0587 e. The molecular weight excluding hydrogens is 262 g/mol. The molecule has 0 spiro atoms.